The summed E-state index contributed by atoms with van der Waals surface area (Å²) in [5, 5.41) is 14.9. The first-order valence-electron chi connectivity index (χ1n) is 10.5. The van der Waals surface area contributed by atoms with Gasteiger partial charge in [-0.1, -0.05) is 19.3 Å². The molecule has 0 heterocycles. The summed E-state index contributed by atoms with van der Waals surface area (Å²) in [6.45, 7) is 0. The molecule has 0 aliphatic heterocycles. The van der Waals surface area contributed by atoms with Gasteiger partial charge in [-0.25, -0.2) is 0 Å². The largest absolute Gasteiger partial charge is 0.496 e. The van der Waals surface area contributed by atoms with Crippen molar-refractivity contribution in [2.75, 3.05) is 28.4 Å². The summed E-state index contributed by atoms with van der Waals surface area (Å²) >= 11 is 0. The molecule has 1 aliphatic rings. The van der Waals surface area contributed by atoms with Crippen molar-refractivity contribution in [3.05, 3.63) is 35.9 Å². The van der Waals surface area contributed by atoms with E-state index in [2.05, 4.69) is 0 Å². The smallest absolute Gasteiger partial charge is 0.132 e. The predicted octanol–water partition coefficient (Wildman–Crippen LogP) is 5.64. The van der Waals surface area contributed by atoms with E-state index in [1.807, 2.05) is 30.3 Å². The number of rotatable bonds is 6. The van der Waals surface area contributed by atoms with Gasteiger partial charge in [-0.3, -0.25) is 0 Å². The maximum Gasteiger partial charge on any atom is 0.132 e. The van der Waals surface area contributed by atoms with E-state index in [4.69, 9.17) is 18.9 Å². The van der Waals surface area contributed by atoms with Crippen molar-refractivity contribution < 1.29 is 24.1 Å². The summed E-state index contributed by atoms with van der Waals surface area (Å²) in [4.78, 5) is 0. The second-order valence-corrected chi connectivity index (χ2v) is 7.96. The highest BCUT2D eigenvalue weighted by atomic mass is 16.5. The van der Waals surface area contributed by atoms with Crippen molar-refractivity contribution in [2.24, 2.45) is 5.92 Å². The zero-order chi connectivity index (χ0) is 21.3. The molecule has 3 aromatic carbocycles. The Morgan fingerprint density at radius 3 is 1.77 bits per heavy atom. The fourth-order valence-electron chi connectivity index (χ4n) is 4.85. The molecule has 1 aliphatic carbocycles. The number of aliphatic hydroxyl groups excluding tert-OH is 1. The Balaban J connectivity index is 2.00. The first-order chi connectivity index (χ1) is 14.6. The van der Waals surface area contributed by atoms with Gasteiger partial charge in [0.2, 0.25) is 0 Å². The quantitative estimate of drug-likeness (QED) is 0.533. The van der Waals surface area contributed by atoms with E-state index >= 15 is 0 Å². The third kappa shape index (κ3) is 3.41. The van der Waals surface area contributed by atoms with E-state index < -0.39 is 6.10 Å². The zero-order valence-electron chi connectivity index (χ0n) is 18.2. The van der Waals surface area contributed by atoms with Gasteiger partial charge < -0.3 is 24.1 Å². The maximum absolute atomic E-state index is 11.3. The maximum atomic E-state index is 11.3. The molecule has 5 heteroatoms. The van der Waals surface area contributed by atoms with E-state index in [0.29, 0.717) is 11.5 Å². The Morgan fingerprint density at radius 1 is 0.700 bits per heavy atom. The van der Waals surface area contributed by atoms with Crippen LogP contribution in [0.3, 0.4) is 0 Å². The first kappa shape index (κ1) is 20.6. The fraction of sp³-hybridized carbons (Fsp3) is 0.440. The summed E-state index contributed by atoms with van der Waals surface area (Å²) in [6, 6.07) is 9.82. The molecule has 0 saturated heterocycles. The molecule has 5 nitrogen and oxygen atoms in total. The Labute approximate surface area is 177 Å². The van der Waals surface area contributed by atoms with Gasteiger partial charge in [-0.05, 0) is 49.1 Å². The number of hydrogen-bond donors (Lipinski definition) is 1. The molecule has 1 unspecified atom stereocenters. The molecule has 0 aromatic heterocycles. The Hall–Kier alpha value is -2.66. The standard InChI is InChI=1S/C25H30O5/c1-27-21-10-11-22(28-2)17-13-19-18(12-16(17)21)23(29-3)14-20(25(19)30-4)24(26)15-8-6-5-7-9-15/h10-15,24,26H,5-9H2,1-4H3. The van der Waals surface area contributed by atoms with Crippen LogP contribution in [0, 0.1) is 5.92 Å². The van der Waals surface area contributed by atoms with Gasteiger partial charge in [-0.2, -0.15) is 0 Å². The minimum absolute atomic E-state index is 0.241. The Morgan fingerprint density at radius 2 is 1.23 bits per heavy atom. The van der Waals surface area contributed by atoms with Crippen molar-refractivity contribution in [3.63, 3.8) is 0 Å². The molecule has 4 rings (SSSR count). The fourth-order valence-corrected chi connectivity index (χ4v) is 4.85. The van der Waals surface area contributed by atoms with E-state index in [-0.39, 0.29) is 5.92 Å². The Bertz CT molecular complexity index is 1050. The van der Waals surface area contributed by atoms with Gasteiger partial charge in [0, 0.05) is 27.1 Å². The van der Waals surface area contributed by atoms with Gasteiger partial charge in [0.15, 0.2) is 0 Å². The van der Waals surface area contributed by atoms with Crippen LogP contribution in [0.4, 0.5) is 0 Å². The number of aliphatic hydroxyl groups is 1. The molecule has 0 spiro atoms. The lowest BCUT2D eigenvalue weighted by atomic mass is 9.82. The highest BCUT2D eigenvalue weighted by Crippen LogP contribution is 2.47. The number of benzene rings is 3. The lowest BCUT2D eigenvalue weighted by Gasteiger charge is -2.28. The van der Waals surface area contributed by atoms with Crippen LogP contribution >= 0.6 is 0 Å². The number of ether oxygens (including phenoxy) is 4. The summed E-state index contributed by atoms with van der Waals surface area (Å²) in [5.41, 5.74) is 0.787. The van der Waals surface area contributed by atoms with Crippen molar-refractivity contribution >= 4 is 21.5 Å². The summed E-state index contributed by atoms with van der Waals surface area (Å²) in [5.74, 6) is 3.16. The van der Waals surface area contributed by atoms with Gasteiger partial charge in [0.05, 0.1) is 34.5 Å². The van der Waals surface area contributed by atoms with Crippen LogP contribution < -0.4 is 18.9 Å². The molecule has 1 fully saturated rings. The molecular weight excluding hydrogens is 380 g/mol. The van der Waals surface area contributed by atoms with Crippen molar-refractivity contribution in [3.8, 4) is 23.0 Å². The Kier molecular flexibility index (Phi) is 5.91. The van der Waals surface area contributed by atoms with Crippen LogP contribution in [0.15, 0.2) is 30.3 Å². The highest BCUT2D eigenvalue weighted by molar-refractivity contribution is 6.08. The molecule has 1 N–H and O–H groups in total. The second kappa shape index (κ2) is 8.60. The molecular formula is C25H30O5. The molecule has 160 valence electrons. The normalized spacial score (nSPS) is 15.9. The molecule has 1 atom stereocenters. The van der Waals surface area contributed by atoms with Gasteiger partial charge >= 0.3 is 0 Å². The molecule has 30 heavy (non-hydrogen) atoms. The number of hydrogen-bond acceptors (Lipinski definition) is 5. The SMILES string of the molecule is COc1ccc(OC)c2cc3c(OC)c(C(O)C4CCCCC4)cc(OC)c3cc12. The third-order valence-electron chi connectivity index (χ3n) is 6.41. The van der Waals surface area contributed by atoms with Crippen LogP contribution in [-0.4, -0.2) is 33.5 Å². The van der Waals surface area contributed by atoms with Crippen molar-refractivity contribution in [1.82, 2.24) is 0 Å². The highest BCUT2D eigenvalue weighted by Gasteiger charge is 2.28. The van der Waals surface area contributed by atoms with E-state index in [1.165, 1.54) is 6.42 Å². The molecule has 0 amide bonds. The second-order valence-electron chi connectivity index (χ2n) is 7.96. The van der Waals surface area contributed by atoms with Gasteiger partial charge in [0.1, 0.15) is 23.0 Å². The average Bonchev–Trinajstić information content (AvgIpc) is 2.81. The summed E-state index contributed by atoms with van der Waals surface area (Å²) in [7, 11) is 6.63. The lowest BCUT2D eigenvalue weighted by molar-refractivity contribution is 0.0825. The predicted molar refractivity (Wildman–Crippen MR) is 119 cm³/mol. The number of methoxy groups -OCH3 is 4. The number of fused-ring (bicyclic) bond motifs is 2. The zero-order valence-corrected chi connectivity index (χ0v) is 18.2. The minimum atomic E-state index is -0.582. The van der Waals surface area contributed by atoms with Crippen LogP contribution in [0.1, 0.15) is 43.8 Å². The minimum Gasteiger partial charge on any atom is -0.496 e. The summed E-state index contributed by atoms with van der Waals surface area (Å²) < 4.78 is 22.8. The van der Waals surface area contributed by atoms with Gasteiger partial charge in [0.25, 0.3) is 0 Å². The third-order valence-corrected chi connectivity index (χ3v) is 6.41. The molecule has 3 aromatic rings. The van der Waals surface area contributed by atoms with Gasteiger partial charge in [-0.15, -0.1) is 0 Å². The van der Waals surface area contributed by atoms with E-state index in [0.717, 1.165) is 64.3 Å². The van der Waals surface area contributed by atoms with Crippen molar-refractivity contribution in [2.45, 2.75) is 38.2 Å². The molecule has 0 radical (unpaired) electrons. The molecule has 0 bridgehead atoms. The van der Waals surface area contributed by atoms with Crippen LogP contribution in [0.5, 0.6) is 23.0 Å². The van der Waals surface area contributed by atoms with E-state index in [1.54, 1.807) is 28.4 Å². The van der Waals surface area contributed by atoms with Crippen LogP contribution in [0.2, 0.25) is 0 Å². The van der Waals surface area contributed by atoms with Crippen molar-refractivity contribution in [1.29, 1.82) is 0 Å². The van der Waals surface area contributed by atoms with Crippen LogP contribution in [0.25, 0.3) is 21.5 Å². The lowest BCUT2D eigenvalue weighted by Crippen LogP contribution is -2.17. The topological polar surface area (TPSA) is 57.2 Å². The van der Waals surface area contributed by atoms with Crippen LogP contribution in [-0.2, 0) is 0 Å². The summed E-state index contributed by atoms with van der Waals surface area (Å²) in [6.07, 6.45) is 5.06. The van der Waals surface area contributed by atoms with E-state index in [9.17, 15) is 5.11 Å². The first-order valence-corrected chi connectivity index (χ1v) is 10.5. The average molecular weight is 411 g/mol. The monoisotopic (exact) mass is 410 g/mol. The molecule has 1 saturated carbocycles.